The van der Waals surface area contributed by atoms with Gasteiger partial charge in [0.15, 0.2) is 0 Å². The van der Waals surface area contributed by atoms with Crippen molar-refractivity contribution in [2.45, 2.75) is 78.9 Å². The Morgan fingerprint density at radius 3 is 1.14 bits per heavy atom. The van der Waals surface area contributed by atoms with Crippen LogP contribution in [0.2, 0.25) is 0 Å². The molecule has 86 valence electrons. The molecule has 0 bridgehead atoms. The maximum atomic E-state index is 12.8. The molecule has 0 spiro atoms. The fourth-order valence-corrected chi connectivity index (χ4v) is 2.16. The zero-order valence-corrected chi connectivity index (χ0v) is 10.7. The molecule has 0 heterocycles. The van der Waals surface area contributed by atoms with Crippen LogP contribution in [0.15, 0.2) is 0 Å². The van der Waals surface area contributed by atoms with Gasteiger partial charge < -0.3 is 9.85 Å². The summed E-state index contributed by atoms with van der Waals surface area (Å²) in [4.78, 5) is 0. The predicted molar refractivity (Wildman–Crippen MR) is 62.9 cm³/mol. The van der Waals surface area contributed by atoms with Crippen molar-refractivity contribution in [3.63, 3.8) is 0 Å². The highest BCUT2D eigenvalue weighted by Gasteiger charge is 2.33. The Hall–Kier alpha value is -0.0800. The van der Waals surface area contributed by atoms with Crippen LogP contribution in [0.5, 0.6) is 0 Å². The molecule has 2 nitrogen and oxygen atoms in total. The van der Waals surface area contributed by atoms with Gasteiger partial charge in [0.05, 0.1) is 18.1 Å². The lowest BCUT2D eigenvalue weighted by Gasteiger charge is -2.55. The molecule has 0 saturated carbocycles. The standard InChI is InChI=1S/C12H27NO/c1-7-10(4)13(14,11(5)8-2)12(6)9-3/h10-12H,7-9H2,1-6H3. The Balaban J connectivity index is 4.83. The predicted octanol–water partition coefficient (Wildman–Crippen LogP) is 3.70. The van der Waals surface area contributed by atoms with Crippen LogP contribution in [0.1, 0.15) is 60.8 Å². The van der Waals surface area contributed by atoms with Gasteiger partial charge >= 0.3 is 0 Å². The third-order valence-corrected chi connectivity index (χ3v) is 3.84. The lowest BCUT2D eigenvalue weighted by molar-refractivity contribution is -0.947. The van der Waals surface area contributed by atoms with Crippen molar-refractivity contribution in [2.24, 2.45) is 0 Å². The molecule has 0 aliphatic carbocycles. The van der Waals surface area contributed by atoms with Crippen molar-refractivity contribution in [2.75, 3.05) is 0 Å². The first-order valence-electron chi connectivity index (χ1n) is 6.04. The molecule has 0 saturated heterocycles. The summed E-state index contributed by atoms with van der Waals surface area (Å²) in [6.45, 7) is 12.6. The van der Waals surface area contributed by atoms with Gasteiger partial charge in [0.2, 0.25) is 0 Å². The second-order valence-electron chi connectivity index (χ2n) is 4.54. The van der Waals surface area contributed by atoms with Crippen LogP contribution in [0.4, 0.5) is 0 Å². The van der Waals surface area contributed by atoms with Gasteiger partial charge in [-0.3, -0.25) is 0 Å². The van der Waals surface area contributed by atoms with Crippen LogP contribution in [0, 0.1) is 5.21 Å². The van der Waals surface area contributed by atoms with Gasteiger partial charge in [-0.05, 0) is 40.0 Å². The van der Waals surface area contributed by atoms with Gasteiger partial charge in [0.25, 0.3) is 0 Å². The quantitative estimate of drug-likeness (QED) is 0.474. The number of hydrogen-bond donors (Lipinski definition) is 0. The molecule has 0 rings (SSSR count). The third-order valence-electron chi connectivity index (χ3n) is 3.84. The topological polar surface area (TPSA) is 23.1 Å². The lowest BCUT2D eigenvalue weighted by Crippen LogP contribution is -2.59. The SMILES string of the molecule is CCC(C)[N+]([O-])(C(C)CC)C(C)CC. The summed E-state index contributed by atoms with van der Waals surface area (Å²) in [5, 5.41) is 12.8. The maximum Gasteiger partial charge on any atom is 0.0860 e. The molecule has 0 aliphatic heterocycles. The van der Waals surface area contributed by atoms with Crippen molar-refractivity contribution >= 4 is 0 Å². The minimum absolute atomic E-state index is 0.0104. The molecular formula is C12H27NO. The van der Waals surface area contributed by atoms with Crippen LogP contribution in [0.3, 0.4) is 0 Å². The van der Waals surface area contributed by atoms with E-state index in [1.54, 1.807) is 0 Å². The number of rotatable bonds is 6. The highest BCUT2D eigenvalue weighted by Crippen LogP contribution is 2.27. The van der Waals surface area contributed by atoms with E-state index in [4.69, 9.17) is 0 Å². The van der Waals surface area contributed by atoms with Gasteiger partial charge in [0.1, 0.15) is 0 Å². The molecule has 14 heavy (non-hydrogen) atoms. The number of quaternary nitrogens is 1. The zero-order valence-electron chi connectivity index (χ0n) is 10.7. The van der Waals surface area contributed by atoms with Crippen LogP contribution in [-0.2, 0) is 0 Å². The van der Waals surface area contributed by atoms with E-state index in [1.165, 1.54) is 0 Å². The highest BCUT2D eigenvalue weighted by atomic mass is 16.6. The Morgan fingerprint density at radius 2 is 1.00 bits per heavy atom. The Bertz CT molecular complexity index is 132. The number of hydrogen-bond acceptors (Lipinski definition) is 1. The zero-order chi connectivity index (χ0) is 11.4. The minimum atomic E-state index is -0.0104. The smallest absolute Gasteiger partial charge is 0.0860 e. The normalized spacial score (nSPS) is 22.5. The molecule has 2 heteroatoms. The summed E-state index contributed by atoms with van der Waals surface area (Å²) < 4.78 is -0.0104. The second-order valence-corrected chi connectivity index (χ2v) is 4.54. The molecule has 0 aromatic carbocycles. The fraction of sp³-hybridized carbons (Fsp3) is 1.00. The van der Waals surface area contributed by atoms with E-state index in [2.05, 4.69) is 41.5 Å². The van der Waals surface area contributed by atoms with Crippen molar-refractivity contribution < 1.29 is 4.65 Å². The molecule has 3 unspecified atom stereocenters. The van der Waals surface area contributed by atoms with E-state index in [0.29, 0.717) is 0 Å². The molecule has 0 aromatic rings. The summed E-state index contributed by atoms with van der Waals surface area (Å²) in [5.41, 5.74) is 0. The summed E-state index contributed by atoms with van der Waals surface area (Å²) in [7, 11) is 0. The molecule has 0 fully saturated rings. The van der Waals surface area contributed by atoms with Gasteiger partial charge in [0, 0.05) is 0 Å². The molecule has 0 radical (unpaired) electrons. The van der Waals surface area contributed by atoms with Crippen molar-refractivity contribution in [3.8, 4) is 0 Å². The molecule has 0 aromatic heterocycles. The van der Waals surface area contributed by atoms with Crippen molar-refractivity contribution in [1.29, 1.82) is 0 Å². The maximum absolute atomic E-state index is 12.8. The Kier molecular flexibility index (Phi) is 5.68. The van der Waals surface area contributed by atoms with Crippen molar-refractivity contribution in [1.82, 2.24) is 0 Å². The summed E-state index contributed by atoms with van der Waals surface area (Å²) in [5.74, 6) is 0. The number of hydroxylamine groups is 3. The van der Waals surface area contributed by atoms with Crippen LogP contribution >= 0.6 is 0 Å². The van der Waals surface area contributed by atoms with Crippen LogP contribution < -0.4 is 0 Å². The first kappa shape index (κ1) is 13.9. The van der Waals surface area contributed by atoms with Gasteiger partial charge in [-0.1, -0.05) is 20.8 Å². The average molecular weight is 201 g/mol. The van der Waals surface area contributed by atoms with E-state index >= 15 is 0 Å². The highest BCUT2D eigenvalue weighted by molar-refractivity contribution is 4.65. The first-order valence-corrected chi connectivity index (χ1v) is 6.04. The summed E-state index contributed by atoms with van der Waals surface area (Å²) in [6.07, 6.45) is 2.91. The van der Waals surface area contributed by atoms with E-state index < -0.39 is 0 Å². The van der Waals surface area contributed by atoms with Gasteiger partial charge in [-0.25, -0.2) is 0 Å². The van der Waals surface area contributed by atoms with Gasteiger partial charge in [-0.15, -0.1) is 0 Å². The molecule has 0 aliphatic rings. The summed E-state index contributed by atoms with van der Waals surface area (Å²) in [6, 6.07) is 0.666. The van der Waals surface area contributed by atoms with Crippen LogP contribution in [-0.4, -0.2) is 22.8 Å². The molecule has 0 amide bonds. The van der Waals surface area contributed by atoms with E-state index in [1.807, 2.05) is 0 Å². The first-order chi connectivity index (χ1) is 6.44. The van der Waals surface area contributed by atoms with Crippen LogP contribution in [0.25, 0.3) is 0 Å². The monoisotopic (exact) mass is 201 g/mol. The average Bonchev–Trinajstić information content (AvgIpc) is 2.24. The molecule has 0 N–H and O–H groups in total. The molecule has 3 atom stereocenters. The number of nitrogens with zero attached hydrogens (tertiary/aromatic N) is 1. The molecular weight excluding hydrogens is 174 g/mol. The van der Waals surface area contributed by atoms with E-state index in [0.717, 1.165) is 19.3 Å². The third kappa shape index (κ3) is 2.48. The largest absolute Gasteiger partial charge is 0.632 e. The Morgan fingerprint density at radius 1 is 0.786 bits per heavy atom. The van der Waals surface area contributed by atoms with Crippen molar-refractivity contribution in [3.05, 3.63) is 5.21 Å². The summed E-state index contributed by atoms with van der Waals surface area (Å²) >= 11 is 0. The van der Waals surface area contributed by atoms with Gasteiger partial charge in [-0.2, -0.15) is 0 Å². The fourth-order valence-electron chi connectivity index (χ4n) is 2.16. The second kappa shape index (κ2) is 5.72. The van der Waals surface area contributed by atoms with E-state index in [9.17, 15) is 5.21 Å². The lowest BCUT2D eigenvalue weighted by atomic mass is 10.0. The van der Waals surface area contributed by atoms with E-state index in [-0.39, 0.29) is 22.8 Å². The Labute approximate surface area is 89.5 Å². The minimum Gasteiger partial charge on any atom is -0.632 e.